The number of nitrogens with one attached hydrogen (secondary N) is 1. The standard InChI is InChI=1S/C18H14F2N2OS/c1-2-15(23)22-16-10-13(11-5-7-12(19)8-6-11)18(24-16)17-14(20)4-3-9-21-17/h3-10H,2H2,1H3,(H,22,23). The van der Waals surface area contributed by atoms with Crippen molar-refractivity contribution in [1.82, 2.24) is 4.98 Å². The van der Waals surface area contributed by atoms with Crippen molar-refractivity contribution in [3.63, 3.8) is 0 Å². The van der Waals surface area contributed by atoms with Crippen molar-refractivity contribution < 1.29 is 13.6 Å². The minimum absolute atomic E-state index is 0.130. The molecule has 1 amide bonds. The fourth-order valence-electron chi connectivity index (χ4n) is 2.25. The second-order valence-electron chi connectivity index (χ2n) is 5.10. The molecule has 0 aliphatic heterocycles. The Bertz CT molecular complexity index is 875. The van der Waals surface area contributed by atoms with Gasteiger partial charge in [0.2, 0.25) is 5.91 Å². The summed E-state index contributed by atoms with van der Waals surface area (Å²) in [6.07, 6.45) is 1.86. The lowest BCUT2D eigenvalue weighted by Gasteiger charge is -2.04. The molecule has 1 aromatic carbocycles. The number of nitrogens with zero attached hydrogens (tertiary/aromatic N) is 1. The van der Waals surface area contributed by atoms with Crippen LogP contribution in [0.5, 0.6) is 0 Å². The number of hydrogen-bond donors (Lipinski definition) is 1. The number of halogens is 2. The van der Waals surface area contributed by atoms with Gasteiger partial charge in [-0.25, -0.2) is 8.78 Å². The lowest BCUT2D eigenvalue weighted by atomic mass is 10.0. The molecule has 0 fully saturated rings. The molecule has 0 aliphatic carbocycles. The van der Waals surface area contributed by atoms with Crippen LogP contribution in [-0.4, -0.2) is 10.9 Å². The summed E-state index contributed by atoms with van der Waals surface area (Å²) in [5.74, 6) is -0.926. The molecule has 0 saturated heterocycles. The normalized spacial score (nSPS) is 10.6. The lowest BCUT2D eigenvalue weighted by Crippen LogP contribution is -2.07. The highest BCUT2D eigenvalue weighted by Gasteiger charge is 2.18. The number of hydrogen-bond acceptors (Lipinski definition) is 3. The Kier molecular flexibility index (Phi) is 4.66. The highest BCUT2D eigenvalue weighted by Crippen LogP contribution is 2.41. The van der Waals surface area contributed by atoms with Gasteiger partial charge in [0, 0.05) is 18.2 Å². The summed E-state index contributed by atoms with van der Waals surface area (Å²) in [7, 11) is 0. The van der Waals surface area contributed by atoms with Gasteiger partial charge in [-0.3, -0.25) is 9.78 Å². The van der Waals surface area contributed by atoms with Gasteiger partial charge in [0.25, 0.3) is 0 Å². The molecule has 0 radical (unpaired) electrons. The van der Waals surface area contributed by atoms with Crippen molar-refractivity contribution in [2.75, 3.05) is 5.32 Å². The molecule has 2 heterocycles. The van der Waals surface area contributed by atoms with Crippen molar-refractivity contribution in [3.05, 3.63) is 60.3 Å². The molecule has 0 spiro atoms. The summed E-state index contributed by atoms with van der Waals surface area (Å²) < 4.78 is 27.4. The number of carbonyl (C=O) groups excluding carboxylic acids is 1. The molecule has 6 heteroatoms. The third-order valence-electron chi connectivity index (χ3n) is 3.44. The summed E-state index contributed by atoms with van der Waals surface area (Å²) in [6, 6.07) is 10.5. The summed E-state index contributed by atoms with van der Waals surface area (Å²) in [6.45, 7) is 1.75. The summed E-state index contributed by atoms with van der Waals surface area (Å²) in [5, 5.41) is 3.38. The fourth-order valence-corrected chi connectivity index (χ4v) is 3.35. The summed E-state index contributed by atoms with van der Waals surface area (Å²) in [5.41, 5.74) is 1.63. The van der Waals surface area contributed by atoms with Crippen LogP contribution in [-0.2, 0) is 4.79 Å². The van der Waals surface area contributed by atoms with E-state index in [1.807, 2.05) is 0 Å². The number of pyridine rings is 1. The maximum absolute atomic E-state index is 14.2. The Morgan fingerprint density at radius 2 is 1.96 bits per heavy atom. The minimum atomic E-state index is -0.448. The minimum Gasteiger partial charge on any atom is -0.318 e. The second kappa shape index (κ2) is 6.88. The molecular formula is C18H14F2N2OS. The van der Waals surface area contributed by atoms with Crippen LogP contribution in [0.25, 0.3) is 21.7 Å². The quantitative estimate of drug-likeness (QED) is 0.715. The highest BCUT2D eigenvalue weighted by atomic mass is 32.1. The Labute approximate surface area is 142 Å². The first-order valence-corrected chi connectivity index (χ1v) is 8.20. The molecule has 0 saturated carbocycles. The summed E-state index contributed by atoms with van der Waals surface area (Å²) in [4.78, 5) is 16.3. The number of rotatable bonds is 4. The zero-order chi connectivity index (χ0) is 17.1. The van der Waals surface area contributed by atoms with Crippen LogP contribution < -0.4 is 5.32 Å². The molecule has 2 aromatic heterocycles. The second-order valence-corrected chi connectivity index (χ2v) is 6.15. The number of carbonyl (C=O) groups is 1. The molecule has 3 aromatic rings. The SMILES string of the molecule is CCC(=O)Nc1cc(-c2ccc(F)cc2)c(-c2ncccc2F)s1. The summed E-state index contributed by atoms with van der Waals surface area (Å²) >= 11 is 1.24. The average Bonchev–Trinajstić information content (AvgIpc) is 2.99. The Balaban J connectivity index is 2.13. The van der Waals surface area contributed by atoms with Gasteiger partial charge in [0.1, 0.15) is 17.3 Å². The van der Waals surface area contributed by atoms with Crippen molar-refractivity contribution >= 4 is 22.2 Å². The van der Waals surface area contributed by atoms with Crippen LogP contribution >= 0.6 is 11.3 Å². The first kappa shape index (κ1) is 16.3. The van der Waals surface area contributed by atoms with Crippen LogP contribution in [0.15, 0.2) is 48.7 Å². The van der Waals surface area contributed by atoms with E-state index >= 15 is 0 Å². The van der Waals surface area contributed by atoms with Crippen LogP contribution in [0.4, 0.5) is 13.8 Å². The molecule has 3 rings (SSSR count). The highest BCUT2D eigenvalue weighted by molar-refractivity contribution is 7.20. The molecule has 3 nitrogen and oxygen atoms in total. The Morgan fingerprint density at radius 3 is 2.62 bits per heavy atom. The first-order valence-electron chi connectivity index (χ1n) is 7.39. The van der Waals surface area contributed by atoms with Crippen LogP contribution in [0.3, 0.4) is 0 Å². The number of amides is 1. The molecule has 0 aliphatic rings. The van der Waals surface area contributed by atoms with Gasteiger partial charge in [0.05, 0.1) is 9.88 Å². The molecule has 122 valence electrons. The largest absolute Gasteiger partial charge is 0.318 e. The molecule has 24 heavy (non-hydrogen) atoms. The van der Waals surface area contributed by atoms with Gasteiger partial charge in [-0.15, -0.1) is 11.3 Å². The van der Waals surface area contributed by atoms with E-state index in [0.717, 1.165) is 5.56 Å². The number of anilines is 1. The van der Waals surface area contributed by atoms with Crippen LogP contribution in [0.2, 0.25) is 0 Å². The first-order chi connectivity index (χ1) is 11.6. The van der Waals surface area contributed by atoms with Gasteiger partial charge >= 0.3 is 0 Å². The van der Waals surface area contributed by atoms with Gasteiger partial charge in [0.15, 0.2) is 0 Å². The third-order valence-corrected chi connectivity index (χ3v) is 4.50. The topological polar surface area (TPSA) is 42.0 Å². The third kappa shape index (κ3) is 3.33. The Morgan fingerprint density at radius 1 is 1.21 bits per heavy atom. The van der Waals surface area contributed by atoms with Crippen LogP contribution in [0, 0.1) is 11.6 Å². The molecule has 0 atom stereocenters. The van der Waals surface area contributed by atoms with Crippen molar-refractivity contribution in [2.45, 2.75) is 13.3 Å². The predicted molar refractivity (Wildman–Crippen MR) is 91.8 cm³/mol. The van der Waals surface area contributed by atoms with E-state index < -0.39 is 5.82 Å². The molecule has 0 unspecified atom stereocenters. The molecular weight excluding hydrogens is 330 g/mol. The van der Waals surface area contributed by atoms with E-state index in [1.54, 1.807) is 25.1 Å². The van der Waals surface area contributed by atoms with Crippen molar-refractivity contribution in [2.24, 2.45) is 0 Å². The zero-order valence-corrected chi connectivity index (χ0v) is 13.7. The fraction of sp³-hybridized carbons (Fsp3) is 0.111. The van der Waals surface area contributed by atoms with Crippen molar-refractivity contribution in [1.29, 1.82) is 0 Å². The smallest absolute Gasteiger partial charge is 0.224 e. The van der Waals surface area contributed by atoms with Crippen molar-refractivity contribution in [3.8, 4) is 21.7 Å². The maximum atomic E-state index is 14.2. The molecule has 0 bridgehead atoms. The number of aromatic nitrogens is 1. The average molecular weight is 344 g/mol. The van der Waals surface area contributed by atoms with E-state index in [0.29, 0.717) is 21.9 Å². The van der Waals surface area contributed by atoms with Crippen LogP contribution in [0.1, 0.15) is 13.3 Å². The van der Waals surface area contributed by atoms with Gasteiger partial charge in [-0.1, -0.05) is 19.1 Å². The van der Waals surface area contributed by atoms with E-state index in [9.17, 15) is 13.6 Å². The van der Waals surface area contributed by atoms with Gasteiger partial charge in [-0.2, -0.15) is 0 Å². The number of benzene rings is 1. The number of thiophene rings is 1. The predicted octanol–water partition coefficient (Wildman–Crippen LogP) is 5.10. The van der Waals surface area contributed by atoms with Gasteiger partial charge in [-0.05, 0) is 35.9 Å². The monoisotopic (exact) mass is 344 g/mol. The van der Waals surface area contributed by atoms with Gasteiger partial charge < -0.3 is 5.32 Å². The maximum Gasteiger partial charge on any atom is 0.224 e. The molecule has 1 N–H and O–H groups in total. The zero-order valence-electron chi connectivity index (χ0n) is 12.8. The van der Waals surface area contributed by atoms with E-state index in [4.69, 9.17) is 0 Å². The van der Waals surface area contributed by atoms with E-state index in [1.165, 1.54) is 41.8 Å². The van der Waals surface area contributed by atoms with E-state index in [2.05, 4.69) is 10.3 Å². The Hall–Kier alpha value is -2.60. The van der Waals surface area contributed by atoms with E-state index in [-0.39, 0.29) is 17.4 Å². The lowest BCUT2D eigenvalue weighted by molar-refractivity contribution is -0.115.